The number of ketones is 2. The molecule has 29 heavy (non-hydrogen) atoms. The number of carbonyl (C=O) groups excluding carboxylic acids is 2. The molecule has 2 aromatic carbocycles. The van der Waals surface area contributed by atoms with Gasteiger partial charge in [0.05, 0.1) is 10.6 Å². The number of carbonyl (C=O) groups is 2. The van der Waals surface area contributed by atoms with Gasteiger partial charge < -0.3 is 4.90 Å². The first-order chi connectivity index (χ1) is 13.8. The highest BCUT2D eigenvalue weighted by Crippen LogP contribution is 2.60. The first-order valence-electron chi connectivity index (χ1n) is 9.25. The van der Waals surface area contributed by atoms with Crippen LogP contribution in [0.15, 0.2) is 70.3 Å². The molecule has 7 heteroatoms. The van der Waals surface area contributed by atoms with Crippen molar-refractivity contribution in [3.63, 3.8) is 0 Å². The number of para-hydroxylation sites is 1. The van der Waals surface area contributed by atoms with E-state index in [0.717, 1.165) is 22.6 Å². The maximum atomic E-state index is 12.4. The van der Waals surface area contributed by atoms with Crippen molar-refractivity contribution < 1.29 is 9.59 Å². The van der Waals surface area contributed by atoms with Gasteiger partial charge in [0.1, 0.15) is 0 Å². The number of hydrogen-bond acceptors (Lipinski definition) is 7. The summed E-state index contributed by atoms with van der Waals surface area (Å²) < 4.78 is -0.818. The molecule has 0 saturated carbocycles. The van der Waals surface area contributed by atoms with Crippen molar-refractivity contribution in [3.05, 3.63) is 70.8 Å². The van der Waals surface area contributed by atoms with E-state index in [1.165, 1.54) is 30.4 Å². The van der Waals surface area contributed by atoms with Gasteiger partial charge in [-0.05, 0) is 62.4 Å². The van der Waals surface area contributed by atoms with Crippen LogP contribution in [-0.4, -0.2) is 20.9 Å². The Bertz CT molecular complexity index is 1060. The largest absolute Gasteiger partial charge is 0.301 e. The van der Waals surface area contributed by atoms with Crippen molar-refractivity contribution in [3.8, 4) is 0 Å². The lowest BCUT2D eigenvalue weighted by atomic mass is 10.2. The number of aryl methyl sites for hydroxylation is 1. The average Bonchev–Trinajstić information content (AvgIpc) is 3.21. The van der Waals surface area contributed by atoms with E-state index in [2.05, 4.69) is 4.90 Å². The molecule has 2 aliphatic heterocycles. The lowest BCUT2D eigenvalue weighted by Crippen LogP contribution is -2.49. The summed E-state index contributed by atoms with van der Waals surface area (Å²) in [7, 11) is 0. The summed E-state index contributed by atoms with van der Waals surface area (Å²) in [5.74, 6) is -0.0848. The van der Waals surface area contributed by atoms with Crippen molar-refractivity contribution in [2.45, 2.75) is 32.0 Å². The van der Waals surface area contributed by atoms with Crippen molar-refractivity contribution >= 4 is 51.5 Å². The number of allylic oxidation sites excluding steroid dienone is 2. The molecule has 5 nitrogen and oxygen atoms in total. The van der Waals surface area contributed by atoms with Crippen molar-refractivity contribution in [1.29, 1.82) is 0 Å². The maximum absolute atomic E-state index is 12.4. The number of anilines is 2. The molecule has 2 aromatic rings. The summed E-state index contributed by atoms with van der Waals surface area (Å²) in [6.07, 6.45) is 0. The number of thioether (sulfide) groups is 2. The third-order valence-corrected chi connectivity index (χ3v) is 7.84. The van der Waals surface area contributed by atoms with E-state index in [1.54, 1.807) is 6.92 Å². The summed E-state index contributed by atoms with van der Waals surface area (Å²) in [4.78, 5) is 27.5. The summed E-state index contributed by atoms with van der Waals surface area (Å²) in [6.45, 7) is 7.08. The fourth-order valence-electron chi connectivity index (χ4n) is 3.50. The molecule has 1 spiro atoms. The Morgan fingerprint density at radius 3 is 2.21 bits per heavy atom. The molecule has 4 rings (SSSR count). The van der Waals surface area contributed by atoms with Crippen LogP contribution >= 0.6 is 23.5 Å². The molecule has 0 aromatic heterocycles. The number of hydrogen-bond donors (Lipinski definition) is 0. The topological polar surface area (TPSA) is 53.0 Å². The summed E-state index contributed by atoms with van der Waals surface area (Å²) in [5.41, 5.74) is 3.78. The fourth-order valence-corrected chi connectivity index (χ4v) is 6.45. The van der Waals surface area contributed by atoms with Gasteiger partial charge in [0.25, 0.3) is 0 Å². The zero-order chi connectivity index (χ0) is 20.8. The summed E-state index contributed by atoms with van der Waals surface area (Å²) >= 11 is 2.83. The van der Waals surface area contributed by atoms with Gasteiger partial charge in [-0.15, -0.1) is 0 Å². The molecular formula is C22H21N3O2S2. The van der Waals surface area contributed by atoms with Crippen LogP contribution in [0.1, 0.15) is 26.3 Å². The second kappa shape index (κ2) is 7.39. The second-order valence-corrected chi connectivity index (χ2v) is 9.61. The summed E-state index contributed by atoms with van der Waals surface area (Å²) in [5, 5.41) is 7.00. The van der Waals surface area contributed by atoms with Crippen LogP contribution in [0, 0.1) is 6.92 Å². The van der Waals surface area contributed by atoms with E-state index in [1.807, 2.05) is 73.5 Å². The number of hydrazone groups is 1. The number of rotatable bonds is 4. The zero-order valence-electron chi connectivity index (χ0n) is 16.7. The Labute approximate surface area is 178 Å². The van der Waals surface area contributed by atoms with Crippen LogP contribution in [0.3, 0.4) is 0 Å². The fraction of sp³-hybridized carbons (Fsp3) is 0.227. The molecule has 1 atom stereocenters. The Balaban J connectivity index is 1.93. The highest BCUT2D eigenvalue weighted by atomic mass is 32.2. The van der Waals surface area contributed by atoms with Gasteiger partial charge in [0.2, 0.25) is 4.33 Å². The van der Waals surface area contributed by atoms with Gasteiger partial charge in [-0.25, -0.2) is 5.01 Å². The van der Waals surface area contributed by atoms with Crippen molar-refractivity contribution in [1.82, 2.24) is 0 Å². The van der Waals surface area contributed by atoms with Crippen LogP contribution in [-0.2, 0) is 9.59 Å². The molecule has 148 valence electrons. The van der Waals surface area contributed by atoms with Gasteiger partial charge in [-0.3, -0.25) is 9.59 Å². The van der Waals surface area contributed by atoms with Gasteiger partial charge in [0, 0.05) is 18.3 Å². The zero-order valence-corrected chi connectivity index (χ0v) is 18.3. The maximum Gasteiger partial charge on any atom is 0.245 e. The average molecular weight is 424 g/mol. The van der Waals surface area contributed by atoms with Crippen LogP contribution in [0.25, 0.3) is 0 Å². The minimum atomic E-state index is -0.818. The van der Waals surface area contributed by atoms with E-state index in [-0.39, 0.29) is 11.6 Å². The van der Waals surface area contributed by atoms with E-state index in [9.17, 15) is 9.59 Å². The first kappa shape index (κ1) is 19.8. The lowest BCUT2D eigenvalue weighted by Gasteiger charge is -2.41. The Kier molecular flexibility index (Phi) is 5.04. The predicted molar refractivity (Wildman–Crippen MR) is 122 cm³/mol. The van der Waals surface area contributed by atoms with Gasteiger partial charge >= 0.3 is 0 Å². The molecule has 0 fully saturated rings. The van der Waals surface area contributed by atoms with E-state index in [4.69, 9.17) is 5.10 Å². The summed E-state index contributed by atoms with van der Waals surface area (Å²) in [6, 6.07) is 17.9. The van der Waals surface area contributed by atoms with Gasteiger partial charge in [-0.1, -0.05) is 42.1 Å². The van der Waals surface area contributed by atoms with Crippen molar-refractivity contribution in [2.75, 3.05) is 9.91 Å². The normalized spacial score (nSPS) is 21.2. The van der Waals surface area contributed by atoms with Gasteiger partial charge in [-0.2, -0.15) is 5.10 Å². The highest BCUT2D eigenvalue weighted by molar-refractivity contribution is 8.29. The second-order valence-electron chi connectivity index (χ2n) is 7.01. The molecule has 0 N–H and O–H groups in total. The molecule has 0 saturated heterocycles. The van der Waals surface area contributed by atoms with E-state index < -0.39 is 4.33 Å². The molecule has 0 radical (unpaired) electrons. The Morgan fingerprint density at radius 2 is 1.59 bits per heavy atom. The highest BCUT2D eigenvalue weighted by Gasteiger charge is 2.57. The number of benzene rings is 2. The minimum Gasteiger partial charge on any atom is -0.301 e. The Hall–Kier alpha value is -2.51. The molecule has 2 heterocycles. The number of nitrogens with zero attached hydrogens (tertiary/aromatic N) is 3. The van der Waals surface area contributed by atoms with Crippen LogP contribution in [0.2, 0.25) is 0 Å². The van der Waals surface area contributed by atoms with Crippen LogP contribution in [0.4, 0.5) is 11.4 Å². The smallest absolute Gasteiger partial charge is 0.245 e. The first-order valence-corrected chi connectivity index (χ1v) is 10.9. The standard InChI is InChI=1S/C22H21N3O2S2/c1-14-9-8-12-19(13-14)25-22(29-21(23-25)17(4)27)24(18-10-6-5-7-11-18)15(2)20(28-22)16(3)26/h5-13H,1-4H3. The minimum absolute atomic E-state index is 0.00590. The predicted octanol–water partition coefficient (Wildman–Crippen LogP) is 5.14. The monoisotopic (exact) mass is 423 g/mol. The van der Waals surface area contributed by atoms with Crippen molar-refractivity contribution in [2.24, 2.45) is 5.10 Å². The van der Waals surface area contributed by atoms with E-state index in [0.29, 0.717) is 9.95 Å². The molecular weight excluding hydrogens is 402 g/mol. The quantitative estimate of drug-likeness (QED) is 0.679. The number of Topliss-reactive ketones (excluding diaryl/α,β-unsaturated/α-hetero) is 2. The SMILES string of the molecule is CC(=O)C1=NN(c2cccc(C)c2)C2(S1)SC(C(C)=O)=C(C)N2c1ccccc1. The Morgan fingerprint density at radius 1 is 0.897 bits per heavy atom. The van der Waals surface area contributed by atoms with Crippen LogP contribution in [0.5, 0.6) is 0 Å². The van der Waals surface area contributed by atoms with Crippen LogP contribution < -0.4 is 9.91 Å². The lowest BCUT2D eigenvalue weighted by molar-refractivity contribution is -0.113. The van der Waals surface area contributed by atoms with E-state index >= 15 is 0 Å². The molecule has 0 bridgehead atoms. The molecule has 0 aliphatic carbocycles. The molecule has 2 aliphatic rings. The third kappa shape index (κ3) is 3.28. The third-order valence-electron chi connectivity index (χ3n) is 4.75. The molecule has 0 amide bonds. The molecule has 1 unspecified atom stereocenters. The van der Waals surface area contributed by atoms with Gasteiger partial charge in [0.15, 0.2) is 16.6 Å².